The minimum atomic E-state index is -3.81. The Labute approximate surface area is 190 Å². The summed E-state index contributed by atoms with van der Waals surface area (Å²) >= 11 is 0. The van der Waals surface area contributed by atoms with Crippen molar-refractivity contribution in [1.29, 1.82) is 0 Å². The van der Waals surface area contributed by atoms with Crippen LogP contribution in [0.15, 0.2) is 83.8 Å². The standard InChI is InChI=1S/C27H28N2O2S/c1-19(2)18-29(32(30,31)23-16-14-20(3)15-17-23)27-26(22-10-6-5-7-11-22)21(4)24-12-8-9-13-25(24)28-27/h5-17,19H,18H2,1-4H3. The highest BCUT2D eigenvalue weighted by Gasteiger charge is 2.30. The summed E-state index contributed by atoms with van der Waals surface area (Å²) in [5, 5.41) is 1.02. The Morgan fingerprint density at radius 3 is 2.12 bits per heavy atom. The first-order valence-corrected chi connectivity index (χ1v) is 12.3. The molecule has 5 heteroatoms. The van der Waals surface area contributed by atoms with E-state index in [0.29, 0.717) is 12.4 Å². The summed E-state index contributed by atoms with van der Waals surface area (Å²) in [5.74, 6) is 0.592. The van der Waals surface area contributed by atoms with Gasteiger partial charge in [0.2, 0.25) is 0 Å². The third-order valence-corrected chi connectivity index (χ3v) is 7.34. The average molecular weight is 445 g/mol. The first-order valence-electron chi connectivity index (χ1n) is 10.8. The van der Waals surface area contributed by atoms with E-state index in [1.807, 2.05) is 94.4 Å². The number of fused-ring (bicyclic) bond motifs is 1. The molecule has 0 aliphatic rings. The van der Waals surface area contributed by atoms with E-state index in [4.69, 9.17) is 4.98 Å². The van der Waals surface area contributed by atoms with Crippen LogP contribution in [-0.2, 0) is 10.0 Å². The van der Waals surface area contributed by atoms with Crippen LogP contribution in [0.2, 0.25) is 0 Å². The predicted molar refractivity (Wildman–Crippen MR) is 132 cm³/mol. The normalized spacial score (nSPS) is 11.8. The second-order valence-corrected chi connectivity index (χ2v) is 10.4. The Kier molecular flexibility index (Phi) is 6.02. The smallest absolute Gasteiger partial charge is 0.249 e. The minimum Gasteiger partial charge on any atom is -0.249 e. The Hall–Kier alpha value is -3.18. The van der Waals surface area contributed by atoms with Crippen LogP contribution in [0.3, 0.4) is 0 Å². The van der Waals surface area contributed by atoms with Gasteiger partial charge < -0.3 is 0 Å². The molecule has 4 aromatic rings. The zero-order valence-electron chi connectivity index (χ0n) is 18.9. The van der Waals surface area contributed by atoms with Gasteiger partial charge in [-0.2, -0.15) is 0 Å². The number of nitrogens with zero attached hydrogens (tertiary/aromatic N) is 2. The molecule has 0 amide bonds. The lowest BCUT2D eigenvalue weighted by atomic mass is 9.97. The zero-order chi connectivity index (χ0) is 22.9. The van der Waals surface area contributed by atoms with E-state index >= 15 is 0 Å². The van der Waals surface area contributed by atoms with Gasteiger partial charge in [0.25, 0.3) is 10.0 Å². The van der Waals surface area contributed by atoms with Gasteiger partial charge in [-0.1, -0.05) is 80.1 Å². The maximum atomic E-state index is 13.9. The van der Waals surface area contributed by atoms with E-state index in [9.17, 15) is 8.42 Å². The zero-order valence-corrected chi connectivity index (χ0v) is 19.7. The number of aryl methyl sites for hydroxylation is 2. The molecule has 0 aliphatic carbocycles. The fourth-order valence-electron chi connectivity index (χ4n) is 3.96. The summed E-state index contributed by atoms with van der Waals surface area (Å²) in [6.07, 6.45) is 0. The molecule has 0 saturated heterocycles. The number of para-hydroxylation sites is 1. The van der Waals surface area contributed by atoms with Crippen LogP contribution in [0.4, 0.5) is 5.82 Å². The molecule has 0 aliphatic heterocycles. The molecule has 3 aromatic carbocycles. The Bertz CT molecular complexity index is 1350. The number of aromatic nitrogens is 1. The lowest BCUT2D eigenvalue weighted by Gasteiger charge is -2.28. The molecule has 0 atom stereocenters. The van der Waals surface area contributed by atoms with Crippen molar-refractivity contribution < 1.29 is 8.42 Å². The Balaban J connectivity index is 2.04. The van der Waals surface area contributed by atoms with Crippen LogP contribution in [0.5, 0.6) is 0 Å². The molecule has 4 nitrogen and oxygen atoms in total. The number of hydrogen-bond acceptors (Lipinski definition) is 3. The van der Waals surface area contributed by atoms with E-state index in [2.05, 4.69) is 0 Å². The molecule has 0 radical (unpaired) electrons. The molecule has 0 unspecified atom stereocenters. The summed E-state index contributed by atoms with van der Waals surface area (Å²) in [6, 6.07) is 24.8. The van der Waals surface area contributed by atoms with E-state index in [0.717, 1.165) is 33.2 Å². The highest BCUT2D eigenvalue weighted by atomic mass is 32.2. The number of sulfonamides is 1. The second-order valence-electron chi connectivity index (χ2n) is 8.56. The number of pyridine rings is 1. The molecule has 32 heavy (non-hydrogen) atoms. The molecular weight excluding hydrogens is 416 g/mol. The van der Waals surface area contributed by atoms with Gasteiger partial charge in [-0.25, -0.2) is 17.7 Å². The molecule has 0 fully saturated rings. The van der Waals surface area contributed by atoms with Crippen LogP contribution >= 0.6 is 0 Å². The minimum absolute atomic E-state index is 0.118. The van der Waals surface area contributed by atoms with Gasteiger partial charge >= 0.3 is 0 Å². The van der Waals surface area contributed by atoms with E-state index < -0.39 is 10.0 Å². The average Bonchev–Trinajstić information content (AvgIpc) is 2.78. The first-order chi connectivity index (χ1) is 15.3. The van der Waals surface area contributed by atoms with Crippen LogP contribution in [0.1, 0.15) is 25.0 Å². The molecular formula is C27H28N2O2S. The fourth-order valence-corrected chi connectivity index (χ4v) is 5.55. The molecule has 0 N–H and O–H groups in total. The highest BCUT2D eigenvalue weighted by Crippen LogP contribution is 2.38. The third-order valence-electron chi connectivity index (χ3n) is 5.57. The maximum absolute atomic E-state index is 13.9. The summed E-state index contributed by atoms with van der Waals surface area (Å²) in [6.45, 7) is 8.37. The summed E-state index contributed by atoms with van der Waals surface area (Å²) in [7, 11) is -3.81. The van der Waals surface area contributed by atoms with Crippen LogP contribution in [0.25, 0.3) is 22.0 Å². The number of benzene rings is 3. The lowest BCUT2D eigenvalue weighted by molar-refractivity contribution is 0.577. The molecule has 0 bridgehead atoms. The fraction of sp³-hybridized carbons (Fsp3) is 0.222. The Morgan fingerprint density at radius 1 is 0.844 bits per heavy atom. The van der Waals surface area contributed by atoms with Gasteiger partial charge in [0.1, 0.15) is 0 Å². The Morgan fingerprint density at radius 2 is 1.47 bits per heavy atom. The van der Waals surface area contributed by atoms with Crippen molar-refractivity contribution in [3.63, 3.8) is 0 Å². The topological polar surface area (TPSA) is 50.3 Å². The van der Waals surface area contributed by atoms with E-state index in [1.54, 1.807) is 12.1 Å². The highest BCUT2D eigenvalue weighted by molar-refractivity contribution is 7.92. The summed E-state index contributed by atoms with van der Waals surface area (Å²) in [5.41, 5.74) is 4.62. The molecule has 0 saturated carbocycles. The SMILES string of the molecule is Cc1ccc(S(=O)(=O)N(CC(C)C)c2nc3ccccc3c(C)c2-c2ccccc2)cc1. The molecule has 0 spiro atoms. The van der Waals surface area contributed by atoms with Crippen LogP contribution in [-0.4, -0.2) is 19.9 Å². The summed E-state index contributed by atoms with van der Waals surface area (Å²) < 4.78 is 29.3. The van der Waals surface area contributed by atoms with Gasteiger partial charge in [0, 0.05) is 17.5 Å². The van der Waals surface area contributed by atoms with Gasteiger partial charge in [0.15, 0.2) is 5.82 Å². The van der Waals surface area contributed by atoms with Crippen LogP contribution in [0, 0.1) is 19.8 Å². The van der Waals surface area contributed by atoms with Gasteiger partial charge in [-0.05, 0) is 49.1 Å². The molecule has 164 valence electrons. The molecule has 1 aromatic heterocycles. The quantitative estimate of drug-likeness (QED) is 0.347. The maximum Gasteiger partial charge on any atom is 0.265 e. The van der Waals surface area contributed by atoms with Crippen molar-refractivity contribution in [3.8, 4) is 11.1 Å². The lowest BCUT2D eigenvalue weighted by Crippen LogP contribution is -2.35. The predicted octanol–water partition coefficient (Wildman–Crippen LogP) is 6.37. The summed E-state index contributed by atoms with van der Waals surface area (Å²) in [4.78, 5) is 5.20. The van der Waals surface area contributed by atoms with Crippen molar-refractivity contribution in [2.24, 2.45) is 5.92 Å². The van der Waals surface area contributed by atoms with Crippen molar-refractivity contribution in [2.75, 3.05) is 10.8 Å². The van der Waals surface area contributed by atoms with Crippen LogP contribution < -0.4 is 4.31 Å². The second kappa shape index (κ2) is 8.75. The van der Waals surface area contributed by atoms with Crippen molar-refractivity contribution >= 4 is 26.7 Å². The van der Waals surface area contributed by atoms with Gasteiger partial charge in [0.05, 0.1) is 10.4 Å². The van der Waals surface area contributed by atoms with Crippen molar-refractivity contribution in [3.05, 3.63) is 90.0 Å². The van der Waals surface area contributed by atoms with E-state index in [-0.39, 0.29) is 10.8 Å². The van der Waals surface area contributed by atoms with E-state index in [1.165, 1.54) is 4.31 Å². The monoisotopic (exact) mass is 444 g/mol. The largest absolute Gasteiger partial charge is 0.265 e. The molecule has 1 heterocycles. The molecule has 4 rings (SSSR count). The van der Waals surface area contributed by atoms with Crippen molar-refractivity contribution in [1.82, 2.24) is 4.98 Å². The number of anilines is 1. The third kappa shape index (κ3) is 4.13. The number of rotatable bonds is 6. The van der Waals surface area contributed by atoms with Gasteiger partial charge in [-0.15, -0.1) is 0 Å². The van der Waals surface area contributed by atoms with Gasteiger partial charge in [-0.3, -0.25) is 0 Å². The van der Waals surface area contributed by atoms with Crippen molar-refractivity contribution in [2.45, 2.75) is 32.6 Å². The number of hydrogen-bond donors (Lipinski definition) is 0. The first kappa shape index (κ1) is 22.0.